The Balaban J connectivity index is 1.86. The largest absolute Gasteiger partial charge is 0.334 e. The number of nitriles is 1. The summed E-state index contributed by atoms with van der Waals surface area (Å²) in [6, 6.07) is 9.48. The topological polar surface area (TPSA) is 74.7 Å². The molecular formula is C14H14N4O. The van der Waals surface area contributed by atoms with Crippen LogP contribution in [-0.2, 0) is 0 Å². The molecule has 1 aliphatic heterocycles. The van der Waals surface area contributed by atoms with Crippen LogP contribution >= 0.6 is 0 Å². The summed E-state index contributed by atoms with van der Waals surface area (Å²) in [6.07, 6.45) is 3.42. The van der Waals surface area contributed by atoms with Gasteiger partial charge in [0, 0.05) is 5.56 Å². The minimum atomic E-state index is 0.186. The summed E-state index contributed by atoms with van der Waals surface area (Å²) in [5.41, 5.74) is 1.38. The Bertz CT molecular complexity index is 608. The first-order valence-electron chi connectivity index (χ1n) is 6.44. The molecule has 1 saturated heterocycles. The standard InChI is InChI=1S/C14H14N4O/c15-9-10-4-3-5-11(8-10)14-17-13(18-19-14)12-6-1-2-7-16-12/h3-5,8,12,16H,1-2,6-7H2. The van der Waals surface area contributed by atoms with Gasteiger partial charge in [-0.15, -0.1) is 0 Å². The van der Waals surface area contributed by atoms with Crippen LogP contribution in [0, 0.1) is 11.3 Å². The minimum absolute atomic E-state index is 0.186. The van der Waals surface area contributed by atoms with Gasteiger partial charge in [0.2, 0.25) is 0 Å². The molecule has 19 heavy (non-hydrogen) atoms. The van der Waals surface area contributed by atoms with Crippen molar-refractivity contribution in [2.24, 2.45) is 0 Å². The fourth-order valence-electron chi connectivity index (χ4n) is 2.29. The van der Waals surface area contributed by atoms with Crippen molar-refractivity contribution in [1.82, 2.24) is 15.5 Å². The van der Waals surface area contributed by atoms with E-state index < -0.39 is 0 Å². The van der Waals surface area contributed by atoms with Gasteiger partial charge in [-0.2, -0.15) is 10.2 Å². The van der Waals surface area contributed by atoms with Crippen LogP contribution in [0.3, 0.4) is 0 Å². The van der Waals surface area contributed by atoms with E-state index in [0.29, 0.717) is 17.3 Å². The number of hydrogen-bond donors (Lipinski definition) is 1. The van der Waals surface area contributed by atoms with Crippen LogP contribution in [0.2, 0.25) is 0 Å². The zero-order valence-corrected chi connectivity index (χ0v) is 10.5. The summed E-state index contributed by atoms with van der Waals surface area (Å²) < 4.78 is 5.29. The van der Waals surface area contributed by atoms with E-state index in [1.807, 2.05) is 12.1 Å². The third-order valence-corrected chi connectivity index (χ3v) is 3.30. The molecule has 0 spiro atoms. The molecule has 5 heteroatoms. The van der Waals surface area contributed by atoms with E-state index in [-0.39, 0.29) is 6.04 Å². The maximum absolute atomic E-state index is 8.89. The summed E-state index contributed by atoms with van der Waals surface area (Å²) in [7, 11) is 0. The Labute approximate surface area is 111 Å². The summed E-state index contributed by atoms with van der Waals surface area (Å²) >= 11 is 0. The number of rotatable bonds is 2. The molecular weight excluding hydrogens is 240 g/mol. The fraction of sp³-hybridized carbons (Fsp3) is 0.357. The highest BCUT2D eigenvalue weighted by Gasteiger charge is 2.20. The van der Waals surface area contributed by atoms with E-state index in [4.69, 9.17) is 9.78 Å². The Kier molecular flexibility index (Phi) is 3.25. The second-order valence-corrected chi connectivity index (χ2v) is 4.65. The second kappa shape index (κ2) is 5.21. The Hall–Kier alpha value is -2.19. The maximum atomic E-state index is 8.89. The van der Waals surface area contributed by atoms with Crippen LogP contribution in [0.5, 0.6) is 0 Å². The van der Waals surface area contributed by atoms with Crippen molar-refractivity contribution >= 4 is 0 Å². The predicted octanol–water partition coefficient (Wildman–Crippen LogP) is 2.42. The molecule has 5 nitrogen and oxygen atoms in total. The van der Waals surface area contributed by atoms with Gasteiger partial charge in [-0.25, -0.2) is 0 Å². The van der Waals surface area contributed by atoms with Crippen molar-refractivity contribution in [2.75, 3.05) is 6.54 Å². The van der Waals surface area contributed by atoms with Gasteiger partial charge < -0.3 is 9.84 Å². The smallest absolute Gasteiger partial charge is 0.258 e. The van der Waals surface area contributed by atoms with Crippen molar-refractivity contribution in [2.45, 2.75) is 25.3 Å². The van der Waals surface area contributed by atoms with Gasteiger partial charge in [0.15, 0.2) is 5.82 Å². The number of nitrogens with one attached hydrogen (secondary N) is 1. The van der Waals surface area contributed by atoms with E-state index in [0.717, 1.165) is 18.5 Å². The first-order valence-corrected chi connectivity index (χ1v) is 6.44. The minimum Gasteiger partial charge on any atom is -0.334 e. The lowest BCUT2D eigenvalue weighted by atomic mass is 10.0. The molecule has 0 radical (unpaired) electrons. The molecule has 1 atom stereocenters. The maximum Gasteiger partial charge on any atom is 0.258 e. The van der Waals surface area contributed by atoms with E-state index in [1.54, 1.807) is 12.1 Å². The van der Waals surface area contributed by atoms with Crippen LogP contribution in [0.4, 0.5) is 0 Å². The molecule has 1 fully saturated rings. The summed E-state index contributed by atoms with van der Waals surface area (Å²) in [6.45, 7) is 0.998. The molecule has 2 heterocycles. The van der Waals surface area contributed by atoms with Crippen LogP contribution in [0.25, 0.3) is 11.5 Å². The predicted molar refractivity (Wildman–Crippen MR) is 69.0 cm³/mol. The number of piperidine rings is 1. The molecule has 0 amide bonds. The van der Waals surface area contributed by atoms with Crippen molar-refractivity contribution in [1.29, 1.82) is 5.26 Å². The lowest BCUT2D eigenvalue weighted by Gasteiger charge is -2.19. The Morgan fingerprint density at radius 1 is 1.37 bits per heavy atom. The molecule has 1 aromatic heterocycles. The average molecular weight is 254 g/mol. The van der Waals surface area contributed by atoms with Crippen molar-refractivity contribution in [3.8, 4) is 17.5 Å². The first kappa shape index (κ1) is 11.9. The molecule has 1 unspecified atom stereocenters. The molecule has 0 aliphatic carbocycles. The second-order valence-electron chi connectivity index (χ2n) is 4.65. The third-order valence-electron chi connectivity index (χ3n) is 3.30. The van der Waals surface area contributed by atoms with Gasteiger partial charge in [-0.3, -0.25) is 0 Å². The van der Waals surface area contributed by atoms with Crippen LogP contribution in [0.15, 0.2) is 28.8 Å². The summed E-state index contributed by atoms with van der Waals surface area (Å²) in [5.74, 6) is 1.18. The van der Waals surface area contributed by atoms with Crippen molar-refractivity contribution < 1.29 is 4.52 Å². The van der Waals surface area contributed by atoms with Gasteiger partial charge in [-0.05, 0) is 37.6 Å². The molecule has 1 N–H and O–H groups in total. The molecule has 3 rings (SSSR count). The van der Waals surface area contributed by atoms with E-state index in [2.05, 4.69) is 21.5 Å². The third kappa shape index (κ3) is 2.49. The number of hydrogen-bond acceptors (Lipinski definition) is 5. The Morgan fingerprint density at radius 2 is 2.32 bits per heavy atom. The van der Waals surface area contributed by atoms with Crippen molar-refractivity contribution in [3.63, 3.8) is 0 Å². The SMILES string of the molecule is N#Cc1cccc(-c2nc(C3CCCCN3)no2)c1. The summed E-state index contributed by atoms with van der Waals surface area (Å²) in [4.78, 5) is 4.43. The molecule has 0 saturated carbocycles. The quantitative estimate of drug-likeness (QED) is 0.890. The fourth-order valence-corrected chi connectivity index (χ4v) is 2.29. The van der Waals surface area contributed by atoms with Crippen molar-refractivity contribution in [3.05, 3.63) is 35.7 Å². The highest BCUT2D eigenvalue weighted by molar-refractivity contribution is 5.55. The van der Waals surface area contributed by atoms with E-state index in [9.17, 15) is 0 Å². The lowest BCUT2D eigenvalue weighted by molar-refractivity contribution is 0.367. The van der Waals surface area contributed by atoms with E-state index in [1.165, 1.54) is 12.8 Å². The van der Waals surface area contributed by atoms with Gasteiger partial charge in [0.1, 0.15) is 0 Å². The summed E-state index contributed by atoms with van der Waals surface area (Å²) in [5, 5.41) is 16.3. The molecule has 0 bridgehead atoms. The van der Waals surface area contributed by atoms with Gasteiger partial charge in [0.05, 0.1) is 17.7 Å². The van der Waals surface area contributed by atoms with E-state index >= 15 is 0 Å². The van der Waals surface area contributed by atoms with Crippen LogP contribution < -0.4 is 5.32 Å². The van der Waals surface area contributed by atoms with Gasteiger partial charge in [-0.1, -0.05) is 17.6 Å². The average Bonchev–Trinajstić information content (AvgIpc) is 2.98. The molecule has 1 aliphatic rings. The number of benzene rings is 1. The van der Waals surface area contributed by atoms with Crippen LogP contribution in [-0.4, -0.2) is 16.7 Å². The van der Waals surface area contributed by atoms with Gasteiger partial charge in [0.25, 0.3) is 5.89 Å². The monoisotopic (exact) mass is 254 g/mol. The van der Waals surface area contributed by atoms with Crippen LogP contribution in [0.1, 0.15) is 36.7 Å². The zero-order valence-electron chi connectivity index (χ0n) is 10.5. The lowest BCUT2D eigenvalue weighted by Crippen LogP contribution is -2.27. The molecule has 96 valence electrons. The number of aromatic nitrogens is 2. The zero-order chi connectivity index (χ0) is 13.1. The highest BCUT2D eigenvalue weighted by atomic mass is 16.5. The molecule has 1 aromatic carbocycles. The Morgan fingerprint density at radius 3 is 3.11 bits per heavy atom. The number of nitrogens with zero attached hydrogens (tertiary/aromatic N) is 3. The normalized spacial score (nSPS) is 19.0. The first-order chi connectivity index (χ1) is 9.36. The van der Waals surface area contributed by atoms with Gasteiger partial charge >= 0.3 is 0 Å². The highest BCUT2D eigenvalue weighted by Crippen LogP contribution is 2.24. The molecule has 2 aromatic rings.